The van der Waals surface area contributed by atoms with Gasteiger partial charge in [0.2, 0.25) is 0 Å². The predicted octanol–water partition coefficient (Wildman–Crippen LogP) is 2.36. The standard InChI is InChI=1S/C14H14FN3O2/c1-18(10-5-3-4-9(15)8-10)13-11(16)6-7-12(17-13)14(19)20-2/h3-8H,16H2,1-2H3. The van der Waals surface area contributed by atoms with Gasteiger partial charge in [0, 0.05) is 12.7 Å². The summed E-state index contributed by atoms with van der Waals surface area (Å²) in [7, 11) is 2.96. The second-order valence-corrected chi connectivity index (χ2v) is 4.14. The third kappa shape index (κ3) is 2.69. The molecule has 1 aromatic heterocycles. The number of aromatic nitrogens is 1. The predicted molar refractivity (Wildman–Crippen MR) is 74.5 cm³/mol. The molecule has 0 amide bonds. The number of halogens is 1. The van der Waals surface area contributed by atoms with E-state index in [1.165, 1.54) is 25.3 Å². The molecule has 6 heteroatoms. The normalized spacial score (nSPS) is 10.2. The average molecular weight is 275 g/mol. The molecule has 0 radical (unpaired) electrons. The highest BCUT2D eigenvalue weighted by molar-refractivity contribution is 5.89. The van der Waals surface area contributed by atoms with Crippen LogP contribution >= 0.6 is 0 Å². The van der Waals surface area contributed by atoms with Crippen LogP contribution in [0.15, 0.2) is 36.4 Å². The van der Waals surface area contributed by atoms with Gasteiger partial charge in [-0.3, -0.25) is 0 Å². The molecule has 0 aliphatic carbocycles. The minimum Gasteiger partial charge on any atom is -0.464 e. The van der Waals surface area contributed by atoms with E-state index < -0.39 is 5.97 Å². The topological polar surface area (TPSA) is 68.5 Å². The summed E-state index contributed by atoms with van der Waals surface area (Å²) in [4.78, 5) is 17.2. The summed E-state index contributed by atoms with van der Waals surface area (Å²) in [6, 6.07) is 9.04. The summed E-state index contributed by atoms with van der Waals surface area (Å²) in [5.74, 6) is -0.561. The number of nitrogens with two attached hydrogens (primary N) is 1. The molecule has 0 unspecified atom stereocenters. The molecule has 0 saturated carbocycles. The summed E-state index contributed by atoms with van der Waals surface area (Å²) in [6.45, 7) is 0. The highest BCUT2D eigenvalue weighted by Crippen LogP contribution is 2.27. The first-order valence-corrected chi connectivity index (χ1v) is 5.87. The number of rotatable bonds is 3. The van der Waals surface area contributed by atoms with Gasteiger partial charge in [0.05, 0.1) is 12.8 Å². The maximum absolute atomic E-state index is 13.3. The van der Waals surface area contributed by atoms with Crippen LogP contribution in [0.5, 0.6) is 0 Å². The lowest BCUT2D eigenvalue weighted by molar-refractivity contribution is 0.0594. The number of nitrogens with zero attached hydrogens (tertiary/aromatic N) is 2. The van der Waals surface area contributed by atoms with Crippen molar-refractivity contribution < 1.29 is 13.9 Å². The van der Waals surface area contributed by atoms with E-state index in [1.807, 2.05) is 0 Å². The molecule has 20 heavy (non-hydrogen) atoms. The number of hydrogen-bond donors (Lipinski definition) is 1. The van der Waals surface area contributed by atoms with Crippen molar-refractivity contribution >= 4 is 23.2 Å². The lowest BCUT2D eigenvalue weighted by Gasteiger charge is -2.20. The molecule has 5 nitrogen and oxygen atoms in total. The van der Waals surface area contributed by atoms with Crippen LogP contribution in [0.3, 0.4) is 0 Å². The van der Waals surface area contributed by atoms with E-state index in [-0.39, 0.29) is 11.5 Å². The largest absolute Gasteiger partial charge is 0.464 e. The summed E-state index contributed by atoms with van der Waals surface area (Å²) >= 11 is 0. The van der Waals surface area contributed by atoms with Crippen LogP contribution in [0.2, 0.25) is 0 Å². The molecule has 1 heterocycles. The third-order valence-electron chi connectivity index (χ3n) is 2.81. The molecule has 0 aliphatic rings. The number of carbonyl (C=O) groups is 1. The van der Waals surface area contributed by atoms with E-state index >= 15 is 0 Å². The number of ether oxygens (including phenoxy) is 1. The van der Waals surface area contributed by atoms with Gasteiger partial charge in [-0.2, -0.15) is 0 Å². The van der Waals surface area contributed by atoms with E-state index in [1.54, 1.807) is 30.1 Å². The van der Waals surface area contributed by atoms with Gasteiger partial charge in [-0.1, -0.05) is 6.07 Å². The third-order valence-corrected chi connectivity index (χ3v) is 2.81. The van der Waals surface area contributed by atoms with Crippen molar-refractivity contribution in [2.75, 3.05) is 24.8 Å². The lowest BCUT2D eigenvalue weighted by atomic mass is 10.2. The first kappa shape index (κ1) is 13.8. The van der Waals surface area contributed by atoms with Crippen molar-refractivity contribution in [2.45, 2.75) is 0 Å². The lowest BCUT2D eigenvalue weighted by Crippen LogP contribution is -2.16. The van der Waals surface area contributed by atoms with Crippen LogP contribution in [0.1, 0.15) is 10.5 Å². The molecule has 0 fully saturated rings. The van der Waals surface area contributed by atoms with Gasteiger partial charge in [0.25, 0.3) is 0 Å². The molecule has 2 N–H and O–H groups in total. The first-order valence-electron chi connectivity index (χ1n) is 5.87. The molecule has 0 atom stereocenters. The molecule has 0 saturated heterocycles. The number of carbonyl (C=O) groups excluding carboxylic acids is 1. The number of methoxy groups -OCH3 is 1. The van der Waals surface area contributed by atoms with Gasteiger partial charge in [-0.15, -0.1) is 0 Å². The Bertz CT molecular complexity index is 646. The molecular weight excluding hydrogens is 261 g/mol. The van der Waals surface area contributed by atoms with Crippen LogP contribution in [0.4, 0.5) is 21.6 Å². The van der Waals surface area contributed by atoms with Crippen molar-refractivity contribution in [3.8, 4) is 0 Å². The van der Waals surface area contributed by atoms with Gasteiger partial charge < -0.3 is 15.4 Å². The van der Waals surface area contributed by atoms with Gasteiger partial charge >= 0.3 is 5.97 Å². The van der Waals surface area contributed by atoms with Crippen LogP contribution in [-0.2, 0) is 4.74 Å². The Morgan fingerprint density at radius 3 is 2.75 bits per heavy atom. The average Bonchev–Trinajstić information content (AvgIpc) is 2.46. The zero-order valence-electron chi connectivity index (χ0n) is 11.1. The van der Waals surface area contributed by atoms with E-state index in [4.69, 9.17) is 5.73 Å². The fraction of sp³-hybridized carbons (Fsp3) is 0.143. The number of hydrogen-bond acceptors (Lipinski definition) is 5. The van der Waals surface area contributed by atoms with Gasteiger partial charge in [0.1, 0.15) is 5.82 Å². The van der Waals surface area contributed by atoms with Crippen molar-refractivity contribution in [1.29, 1.82) is 0 Å². The zero-order chi connectivity index (χ0) is 14.7. The van der Waals surface area contributed by atoms with E-state index in [9.17, 15) is 9.18 Å². The quantitative estimate of drug-likeness (QED) is 0.871. The van der Waals surface area contributed by atoms with Gasteiger partial charge in [-0.25, -0.2) is 14.2 Å². The summed E-state index contributed by atoms with van der Waals surface area (Å²) in [5, 5.41) is 0. The molecule has 2 rings (SSSR count). The van der Waals surface area contributed by atoms with Crippen molar-refractivity contribution in [2.24, 2.45) is 0 Å². The Balaban J connectivity index is 2.43. The van der Waals surface area contributed by atoms with Crippen LogP contribution in [0.25, 0.3) is 0 Å². The number of pyridine rings is 1. The molecule has 0 aliphatic heterocycles. The molecule has 0 spiro atoms. The molecule has 1 aromatic carbocycles. The fourth-order valence-corrected chi connectivity index (χ4v) is 1.75. The van der Waals surface area contributed by atoms with Crippen molar-refractivity contribution in [1.82, 2.24) is 4.98 Å². The summed E-state index contributed by atoms with van der Waals surface area (Å²) in [5.41, 5.74) is 6.95. The Morgan fingerprint density at radius 1 is 1.35 bits per heavy atom. The fourth-order valence-electron chi connectivity index (χ4n) is 1.75. The second kappa shape index (κ2) is 5.56. The first-order chi connectivity index (χ1) is 9.52. The highest BCUT2D eigenvalue weighted by Gasteiger charge is 2.14. The van der Waals surface area contributed by atoms with E-state index in [0.717, 1.165) is 0 Å². The zero-order valence-corrected chi connectivity index (χ0v) is 11.1. The number of esters is 1. The van der Waals surface area contributed by atoms with Crippen LogP contribution in [0, 0.1) is 5.82 Å². The second-order valence-electron chi connectivity index (χ2n) is 4.14. The molecule has 2 aromatic rings. The van der Waals surface area contributed by atoms with Gasteiger partial charge in [0.15, 0.2) is 11.5 Å². The van der Waals surface area contributed by atoms with E-state index in [2.05, 4.69) is 9.72 Å². The minimum absolute atomic E-state index is 0.139. The smallest absolute Gasteiger partial charge is 0.356 e. The maximum atomic E-state index is 13.3. The number of anilines is 3. The number of benzene rings is 1. The Hall–Kier alpha value is -2.63. The van der Waals surface area contributed by atoms with Crippen LogP contribution < -0.4 is 10.6 Å². The SMILES string of the molecule is COC(=O)c1ccc(N)c(N(C)c2cccc(F)c2)n1. The van der Waals surface area contributed by atoms with Gasteiger partial charge in [-0.05, 0) is 30.3 Å². The summed E-state index contributed by atoms with van der Waals surface area (Å²) < 4.78 is 17.9. The van der Waals surface area contributed by atoms with E-state index in [0.29, 0.717) is 17.2 Å². The molecular formula is C14H14FN3O2. The molecule has 104 valence electrons. The monoisotopic (exact) mass is 275 g/mol. The summed E-state index contributed by atoms with van der Waals surface area (Å²) in [6.07, 6.45) is 0. The highest BCUT2D eigenvalue weighted by atomic mass is 19.1. The number of nitrogen functional groups attached to an aromatic ring is 1. The van der Waals surface area contributed by atoms with Crippen molar-refractivity contribution in [3.05, 3.63) is 47.9 Å². The Kier molecular flexibility index (Phi) is 3.84. The molecule has 0 bridgehead atoms. The Labute approximate surface area is 115 Å². The van der Waals surface area contributed by atoms with Crippen molar-refractivity contribution in [3.63, 3.8) is 0 Å². The maximum Gasteiger partial charge on any atom is 0.356 e. The Morgan fingerprint density at radius 2 is 2.10 bits per heavy atom. The minimum atomic E-state index is -0.557. The van der Waals surface area contributed by atoms with Crippen LogP contribution in [-0.4, -0.2) is 25.1 Å².